The number of fused-ring (bicyclic) bond motifs is 1. The number of ether oxygens (including phenoxy) is 2. The van der Waals surface area contributed by atoms with E-state index >= 15 is 0 Å². The summed E-state index contributed by atoms with van der Waals surface area (Å²) in [6.07, 6.45) is -6.85. The van der Waals surface area contributed by atoms with Crippen LogP contribution >= 0.6 is 0 Å². The molecule has 1 aliphatic rings. The topological polar surface area (TPSA) is 130 Å². The molecule has 0 saturated carbocycles. The summed E-state index contributed by atoms with van der Waals surface area (Å²) in [5.74, 6) is 0.237. The maximum Gasteiger partial charge on any atom is 0.336 e. The van der Waals surface area contributed by atoms with Gasteiger partial charge in [-0.25, -0.2) is 4.79 Å². The lowest BCUT2D eigenvalue weighted by atomic mass is 9.99. The zero-order valence-electron chi connectivity index (χ0n) is 12.8. The lowest BCUT2D eigenvalue weighted by Crippen LogP contribution is -2.60. The van der Waals surface area contributed by atoms with E-state index in [4.69, 9.17) is 19.0 Å². The average molecular weight is 338 g/mol. The van der Waals surface area contributed by atoms with Crippen molar-refractivity contribution in [3.05, 3.63) is 40.2 Å². The van der Waals surface area contributed by atoms with Crippen LogP contribution < -0.4 is 10.4 Å². The lowest BCUT2D eigenvalue weighted by molar-refractivity contribution is -0.277. The second-order valence-electron chi connectivity index (χ2n) is 5.72. The molecule has 1 aliphatic heterocycles. The molecule has 1 aromatic carbocycles. The predicted molar refractivity (Wildman–Crippen MR) is 81.6 cm³/mol. The standard InChI is InChI=1S/C16H18O8/c1-7-4-12(18)23-10-5-8(2-3-9(7)10)22-16-15(21)14(20)13(19)11(6-17)24-16/h2-5,11,13-17,19-21H,6H2,1H3/t11-,13-,14+,15+,16-/m0/s1. The Kier molecular flexibility index (Phi) is 4.57. The second-order valence-corrected chi connectivity index (χ2v) is 5.72. The van der Waals surface area contributed by atoms with Gasteiger partial charge in [0.15, 0.2) is 0 Å². The third-order valence-corrected chi connectivity index (χ3v) is 4.02. The first kappa shape index (κ1) is 16.9. The quantitative estimate of drug-likeness (QED) is 0.540. The van der Waals surface area contributed by atoms with Crippen molar-refractivity contribution < 1.29 is 34.3 Å². The fourth-order valence-electron chi connectivity index (χ4n) is 2.68. The number of benzene rings is 1. The highest BCUT2D eigenvalue weighted by atomic mass is 16.7. The highest BCUT2D eigenvalue weighted by molar-refractivity contribution is 5.81. The van der Waals surface area contributed by atoms with E-state index in [9.17, 15) is 20.1 Å². The van der Waals surface area contributed by atoms with Crippen molar-refractivity contribution in [1.82, 2.24) is 0 Å². The Bertz CT molecular complexity index is 783. The summed E-state index contributed by atoms with van der Waals surface area (Å²) in [6, 6.07) is 6.12. The van der Waals surface area contributed by atoms with Crippen LogP contribution in [-0.2, 0) is 4.74 Å². The minimum atomic E-state index is -1.53. The minimum absolute atomic E-state index is 0.237. The van der Waals surface area contributed by atoms with Crippen LogP contribution in [0, 0.1) is 6.92 Å². The zero-order valence-corrected chi connectivity index (χ0v) is 12.8. The van der Waals surface area contributed by atoms with Gasteiger partial charge in [0.25, 0.3) is 0 Å². The van der Waals surface area contributed by atoms with E-state index in [2.05, 4.69) is 0 Å². The number of rotatable bonds is 3. The highest BCUT2D eigenvalue weighted by Crippen LogP contribution is 2.27. The van der Waals surface area contributed by atoms with Gasteiger partial charge in [0.05, 0.1) is 6.61 Å². The zero-order chi connectivity index (χ0) is 17.4. The molecule has 0 spiro atoms. The number of aliphatic hydroxyl groups is 4. The molecular weight excluding hydrogens is 320 g/mol. The van der Waals surface area contributed by atoms with Crippen molar-refractivity contribution in [2.75, 3.05) is 6.61 Å². The third-order valence-electron chi connectivity index (χ3n) is 4.02. The molecule has 1 fully saturated rings. The van der Waals surface area contributed by atoms with Crippen LogP contribution in [-0.4, -0.2) is 57.7 Å². The van der Waals surface area contributed by atoms with Crippen molar-refractivity contribution in [1.29, 1.82) is 0 Å². The maximum absolute atomic E-state index is 11.5. The van der Waals surface area contributed by atoms with E-state index in [1.165, 1.54) is 12.1 Å². The first-order chi connectivity index (χ1) is 11.4. The van der Waals surface area contributed by atoms with Gasteiger partial charge in [0.2, 0.25) is 6.29 Å². The van der Waals surface area contributed by atoms with Gasteiger partial charge in [-0.1, -0.05) is 0 Å². The molecule has 8 nitrogen and oxygen atoms in total. The summed E-state index contributed by atoms with van der Waals surface area (Å²) in [7, 11) is 0. The van der Waals surface area contributed by atoms with Crippen molar-refractivity contribution in [3.63, 3.8) is 0 Å². The Balaban J connectivity index is 1.87. The van der Waals surface area contributed by atoms with Gasteiger partial charge >= 0.3 is 5.63 Å². The molecule has 1 aromatic heterocycles. The average Bonchev–Trinajstić information content (AvgIpc) is 2.55. The Labute approximate surface area is 136 Å². The molecule has 0 unspecified atom stereocenters. The fourth-order valence-corrected chi connectivity index (χ4v) is 2.68. The number of aryl methyl sites for hydroxylation is 1. The van der Waals surface area contributed by atoms with E-state index in [1.54, 1.807) is 19.1 Å². The largest absolute Gasteiger partial charge is 0.462 e. The third kappa shape index (κ3) is 3.02. The summed E-state index contributed by atoms with van der Waals surface area (Å²) in [5, 5.41) is 39.4. The summed E-state index contributed by atoms with van der Waals surface area (Å²) >= 11 is 0. The van der Waals surface area contributed by atoms with E-state index in [0.717, 1.165) is 10.9 Å². The van der Waals surface area contributed by atoms with Gasteiger partial charge in [0.1, 0.15) is 35.7 Å². The second kappa shape index (κ2) is 6.50. The molecular formula is C16H18O8. The van der Waals surface area contributed by atoms with Gasteiger partial charge in [-0.15, -0.1) is 0 Å². The van der Waals surface area contributed by atoms with Gasteiger partial charge in [0, 0.05) is 17.5 Å². The summed E-state index contributed by atoms with van der Waals surface area (Å²) in [4.78, 5) is 11.5. The molecule has 0 aliphatic carbocycles. The van der Waals surface area contributed by atoms with E-state index in [0.29, 0.717) is 5.58 Å². The van der Waals surface area contributed by atoms with Crippen LogP contribution in [0.2, 0.25) is 0 Å². The van der Waals surface area contributed by atoms with Crippen LogP contribution in [0.4, 0.5) is 0 Å². The number of aliphatic hydroxyl groups excluding tert-OH is 4. The molecule has 0 bridgehead atoms. The SMILES string of the molecule is Cc1cc(=O)oc2cc(O[C@H]3O[C@@H](CO)[C@H](O)[C@@H](O)[C@H]3O)ccc12. The van der Waals surface area contributed by atoms with E-state index < -0.39 is 42.9 Å². The van der Waals surface area contributed by atoms with Crippen molar-refractivity contribution >= 4 is 11.0 Å². The molecule has 2 aromatic rings. The summed E-state index contributed by atoms with van der Waals surface area (Å²) in [6.45, 7) is 1.23. The first-order valence-corrected chi connectivity index (χ1v) is 7.42. The van der Waals surface area contributed by atoms with Crippen LogP contribution in [0.1, 0.15) is 5.56 Å². The Morgan fingerprint density at radius 2 is 1.88 bits per heavy atom. The van der Waals surface area contributed by atoms with E-state index in [-0.39, 0.29) is 5.75 Å². The van der Waals surface area contributed by atoms with Crippen LogP contribution in [0.15, 0.2) is 33.5 Å². The molecule has 130 valence electrons. The van der Waals surface area contributed by atoms with Gasteiger partial charge in [-0.05, 0) is 24.6 Å². The summed E-state index contributed by atoms with van der Waals surface area (Å²) < 4.78 is 15.9. The van der Waals surface area contributed by atoms with Gasteiger partial charge in [-0.3, -0.25) is 0 Å². The minimum Gasteiger partial charge on any atom is -0.462 e. The van der Waals surface area contributed by atoms with Crippen LogP contribution in [0.25, 0.3) is 11.0 Å². The van der Waals surface area contributed by atoms with Gasteiger partial charge < -0.3 is 34.3 Å². The normalized spacial score (nSPS) is 30.5. The van der Waals surface area contributed by atoms with Crippen LogP contribution in [0.3, 0.4) is 0 Å². The number of hydrogen-bond acceptors (Lipinski definition) is 8. The lowest BCUT2D eigenvalue weighted by Gasteiger charge is -2.39. The molecule has 1 saturated heterocycles. The maximum atomic E-state index is 11.5. The molecule has 4 N–H and O–H groups in total. The van der Waals surface area contributed by atoms with Crippen molar-refractivity contribution in [3.8, 4) is 5.75 Å². The summed E-state index contributed by atoms with van der Waals surface area (Å²) in [5.41, 5.74) is 0.563. The highest BCUT2D eigenvalue weighted by Gasteiger charge is 2.44. The van der Waals surface area contributed by atoms with Crippen LogP contribution in [0.5, 0.6) is 5.75 Å². The monoisotopic (exact) mass is 338 g/mol. The first-order valence-electron chi connectivity index (χ1n) is 7.42. The van der Waals surface area contributed by atoms with Crippen molar-refractivity contribution in [2.45, 2.75) is 37.6 Å². The van der Waals surface area contributed by atoms with Crippen molar-refractivity contribution in [2.24, 2.45) is 0 Å². The molecule has 24 heavy (non-hydrogen) atoms. The smallest absolute Gasteiger partial charge is 0.336 e. The molecule has 3 rings (SSSR count). The Morgan fingerprint density at radius 3 is 2.58 bits per heavy atom. The predicted octanol–water partition coefficient (Wildman–Crippen LogP) is -0.720. The number of hydrogen-bond donors (Lipinski definition) is 4. The van der Waals surface area contributed by atoms with Gasteiger partial charge in [-0.2, -0.15) is 0 Å². The molecule has 5 atom stereocenters. The van der Waals surface area contributed by atoms with E-state index in [1.807, 2.05) is 0 Å². The Hall–Kier alpha value is -1.97. The Morgan fingerprint density at radius 1 is 1.12 bits per heavy atom. The molecule has 0 radical (unpaired) electrons. The molecule has 2 heterocycles. The molecule has 0 amide bonds. The fraction of sp³-hybridized carbons (Fsp3) is 0.438. The molecule has 8 heteroatoms.